The van der Waals surface area contributed by atoms with Crippen LogP contribution in [0.25, 0.3) is 0 Å². The third kappa shape index (κ3) is 3.99. The Morgan fingerprint density at radius 1 is 1.40 bits per heavy atom. The number of aromatic nitrogens is 2. The number of carbonyl (C=O) groups is 1. The number of nitrogens with one attached hydrogen (secondary N) is 1. The van der Waals surface area contributed by atoms with Crippen molar-refractivity contribution in [1.29, 1.82) is 0 Å². The van der Waals surface area contributed by atoms with Gasteiger partial charge >= 0.3 is 0 Å². The zero-order chi connectivity index (χ0) is 17.8. The molecule has 1 aromatic carbocycles. The highest BCUT2D eigenvalue weighted by Crippen LogP contribution is 2.28. The molecule has 0 bridgehead atoms. The summed E-state index contributed by atoms with van der Waals surface area (Å²) in [5.41, 5.74) is 2.19. The molecule has 1 N–H and O–H groups in total. The highest BCUT2D eigenvalue weighted by Gasteiger charge is 2.21. The minimum atomic E-state index is -0.328. The molecule has 0 spiro atoms. The maximum Gasteiger partial charge on any atom is 0.254 e. The quantitative estimate of drug-likeness (QED) is 0.903. The maximum atomic E-state index is 13.8. The first-order chi connectivity index (χ1) is 12.1. The van der Waals surface area contributed by atoms with Gasteiger partial charge in [-0.05, 0) is 32.0 Å². The van der Waals surface area contributed by atoms with Gasteiger partial charge in [0, 0.05) is 37.1 Å². The Balaban J connectivity index is 1.79. The first-order valence-corrected chi connectivity index (χ1v) is 8.54. The molecule has 0 aliphatic carbocycles. The van der Waals surface area contributed by atoms with E-state index in [1.807, 2.05) is 13.8 Å². The molecule has 1 fully saturated rings. The van der Waals surface area contributed by atoms with E-state index in [0.717, 1.165) is 24.3 Å². The summed E-state index contributed by atoms with van der Waals surface area (Å²) in [6.45, 7) is 7.32. The van der Waals surface area contributed by atoms with Crippen LogP contribution in [0, 0.1) is 5.82 Å². The molecule has 7 heteroatoms. The van der Waals surface area contributed by atoms with Gasteiger partial charge in [0.1, 0.15) is 5.82 Å². The predicted octanol–water partition coefficient (Wildman–Crippen LogP) is 2.37. The van der Waals surface area contributed by atoms with Crippen LogP contribution < -0.4 is 10.2 Å². The first-order valence-electron chi connectivity index (χ1n) is 8.54. The Hall–Kier alpha value is -2.41. The molecule has 1 aromatic heterocycles. The molecule has 134 valence electrons. The topological polar surface area (TPSA) is 59.4 Å². The summed E-state index contributed by atoms with van der Waals surface area (Å²) in [4.78, 5) is 14.6. The largest absolute Gasteiger partial charge is 0.378 e. The van der Waals surface area contributed by atoms with Crippen molar-refractivity contribution in [2.75, 3.05) is 31.2 Å². The van der Waals surface area contributed by atoms with Crippen molar-refractivity contribution < 1.29 is 13.9 Å². The monoisotopic (exact) mass is 346 g/mol. The second-order valence-corrected chi connectivity index (χ2v) is 6.08. The van der Waals surface area contributed by atoms with Crippen LogP contribution in [0.15, 0.2) is 30.6 Å². The predicted molar refractivity (Wildman–Crippen MR) is 93.2 cm³/mol. The van der Waals surface area contributed by atoms with Crippen LogP contribution >= 0.6 is 0 Å². The van der Waals surface area contributed by atoms with Gasteiger partial charge in [-0.2, -0.15) is 5.10 Å². The fourth-order valence-corrected chi connectivity index (χ4v) is 2.98. The summed E-state index contributed by atoms with van der Waals surface area (Å²) in [5, 5.41) is 7.05. The van der Waals surface area contributed by atoms with Gasteiger partial charge in [-0.3, -0.25) is 9.48 Å². The maximum absolute atomic E-state index is 13.8. The lowest BCUT2D eigenvalue weighted by atomic mass is 10.0. The molecule has 0 saturated carbocycles. The number of hydrogen-bond donors (Lipinski definition) is 1. The van der Waals surface area contributed by atoms with Crippen LogP contribution in [0.4, 0.5) is 10.1 Å². The van der Waals surface area contributed by atoms with E-state index in [1.54, 1.807) is 23.1 Å². The molecule has 0 radical (unpaired) electrons. The van der Waals surface area contributed by atoms with E-state index in [0.29, 0.717) is 25.3 Å². The van der Waals surface area contributed by atoms with Gasteiger partial charge in [0.15, 0.2) is 0 Å². The molecule has 1 aliphatic heterocycles. The summed E-state index contributed by atoms with van der Waals surface area (Å²) in [6.07, 6.45) is 3.25. The molecule has 25 heavy (non-hydrogen) atoms. The average Bonchev–Trinajstić information content (AvgIpc) is 3.11. The number of morpholine rings is 1. The molecule has 2 aromatic rings. The van der Waals surface area contributed by atoms with E-state index in [4.69, 9.17) is 4.74 Å². The van der Waals surface area contributed by atoms with Crippen molar-refractivity contribution >= 4 is 11.6 Å². The summed E-state index contributed by atoms with van der Waals surface area (Å²) < 4.78 is 20.9. The molecule has 1 aliphatic rings. The number of aryl methyl sites for hydroxylation is 1. The number of amides is 1. The van der Waals surface area contributed by atoms with Crippen molar-refractivity contribution in [3.05, 3.63) is 47.5 Å². The van der Waals surface area contributed by atoms with Gasteiger partial charge in [-0.1, -0.05) is 0 Å². The Kier molecular flexibility index (Phi) is 5.33. The van der Waals surface area contributed by atoms with Gasteiger partial charge in [0.25, 0.3) is 5.91 Å². The van der Waals surface area contributed by atoms with Crippen LogP contribution in [0.3, 0.4) is 0 Å². The first kappa shape index (κ1) is 17.4. The van der Waals surface area contributed by atoms with Crippen LogP contribution in [0.1, 0.15) is 35.8 Å². The fourth-order valence-electron chi connectivity index (χ4n) is 2.98. The van der Waals surface area contributed by atoms with E-state index in [-0.39, 0.29) is 17.8 Å². The molecule has 0 unspecified atom stereocenters. The summed E-state index contributed by atoms with van der Waals surface area (Å²) in [6, 6.07) is 4.39. The summed E-state index contributed by atoms with van der Waals surface area (Å²) in [5.74, 6) is -0.531. The zero-order valence-electron chi connectivity index (χ0n) is 14.5. The van der Waals surface area contributed by atoms with Gasteiger partial charge < -0.3 is 15.0 Å². The standard InChI is InChI=1S/C18H23FN4O2/c1-3-23-12-14(11-20-23)18(24)21-13(2)16-10-15(19)4-5-17(16)22-6-8-25-9-7-22/h4-5,10-13H,3,6-9H2,1-2H3,(H,21,24)/t13-/m0/s1. The average molecular weight is 346 g/mol. The van der Waals surface area contributed by atoms with E-state index in [1.165, 1.54) is 12.1 Å². The third-order valence-electron chi connectivity index (χ3n) is 4.37. The second kappa shape index (κ2) is 7.65. The van der Waals surface area contributed by atoms with Crippen LogP contribution in [0.2, 0.25) is 0 Å². The van der Waals surface area contributed by atoms with Crippen LogP contribution in [-0.4, -0.2) is 42.0 Å². The van der Waals surface area contributed by atoms with Crippen LogP contribution in [-0.2, 0) is 11.3 Å². The number of rotatable bonds is 5. The van der Waals surface area contributed by atoms with Crippen molar-refractivity contribution in [2.45, 2.75) is 26.4 Å². The molecule has 2 heterocycles. The summed E-state index contributed by atoms with van der Waals surface area (Å²) >= 11 is 0. The fraction of sp³-hybridized carbons (Fsp3) is 0.444. The Morgan fingerprint density at radius 2 is 2.16 bits per heavy atom. The Morgan fingerprint density at radius 3 is 2.84 bits per heavy atom. The molecule has 1 atom stereocenters. The van der Waals surface area contributed by atoms with E-state index < -0.39 is 0 Å². The molecular weight excluding hydrogens is 323 g/mol. The Labute approximate surface area is 146 Å². The van der Waals surface area contributed by atoms with Gasteiger partial charge in [0.2, 0.25) is 0 Å². The number of ether oxygens (including phenoxy) is 1. The molecule has 6 nitrogen and oxygen atoms in total. The van der Waals surface area contributed by atoms with E-state index in [9.17, 15) is 9.18 Å². The number of halogens is 1. The van der Waals surface area contributed by atoms with Crippen molar-refractivity contribution in [1.82, 2.24) is 15.1 Å². The van der Waals surface area contributed by atoms with Crippen LogP contribution in [0.5, 0.6) is 0 Å². The Bertz CT molecular complexity index is 740. The lowest BCUT2D eigenvalue weighted by molar-refractivity contribution is 0.0939. The smallest absolute Gasteiger partial charge is 0.254 e. The molecule has 3 rings (SSSR count). The van der Waals surface area contributed by atoms with Gasteiger partial charge in [0.05, 0.1) is 31.0 Å². The SMILES string of the molecule is CCn1cc(C(=O)N[C@@H](C)c2cc(F)ccc2N2CCOCC2)cn1. The van der Waals surface area contributed by atoms with Crippen molar-refractivity contribution in [3.63, 3.8) is 0 Å². The number of hydrogen-bond acceptors (Lipinski definition) is 4. The number of carbonyl (C=O) groups excluding carboxylic acids is 1. The summed E-state index contributed by atoms with van der Waals surface area (Å²) in [7, 11) is 0. The molecule has 1 amide bonds. The lowest BCUT2D eigenvalue weighted by Gasteiger charge is -2.32. The van der Waals surface area contributed by atoms with Gasteiger partial charge in [-0.25, -0.2) is 4.39 Å². The van der Waals surface area contributed by atoms with E-state index in [2.05, 4.69) is 15.3 Å². The molecule has 1 saturated heterocycles. The number of nitrogens with zero attached hydrogens (tertiary/aromatic N) is 3. The minimum Gasteiger partial charge on any atom is -0.378 e. The zero-order valence-corrected chi connectivity index (χ0v) is 14.5. The lowest BCUT2D eigenvalue weighted by Crippen LogP contribution is -2.37. The van der Waals surface area contributed by atoms with Crippen molar-refractivity contribution in [2.24, 2.45) is 0 Å². The number of benzene rings is 1. The number of anilines is 1. The third-order valence-corrected chi connectivity index (χ3v) is 4.37. The van der Waals surface area contributed by atoms with Gasteiger partial charge in [-0.15, -0.1) is 0 Å². The second-order valence-electron chi connectivity index (χ2n) is 6.08. The highest BCUT2D eigenvalue weighted by atomic mass is 19.1. The normalized spacial score (nSPS) is 15.9. The van der Waals surface area contributed by atoms with E-state index >= 15 is 0 Å². The molecular formula is C18H23FN4O2. The highest BCUT2D eigenvalue weighted by molar-refractivity contribution is 5.94. The van der Waals surface area contributed by atoms with Crippen molar-refractivity contribution in [3.8, 4) is 0 Å². The minimum absolute atomic E-state index is 0.218.